The SMILES string of the molecule is Cc1ccc(C(=O)C(=O)N(C)c2nc3cc(Cl)ccc3s2)cc1. The van der Waals surface area contributed by atoms with Gasteiger partial charge in [-0.25, -0.2) is 4.98 Å². The quantitative estimate of drug-likeness (QED) is 0.531. The predicted molar refractivity (Wildman–Crippen MR) is 93.5 cm³/mol. The number of carbonyl (C=O) groups excluding carboxylic acids is 2. The highest BCUT2D eigenvalue weighted by Crippen LogP contribution is 2.30. The molecule has 0 unspecified atom stereocenters. The summed E-state index contributed by atoms with van der Waals surface area (Å²) in [6.07, 6.45) is 0. The molecule has 0 radical (unpaired) electrons. The van der Waals surface area contributed by atoms with Gasteiger partial charge in [0, 0.05) is 17.6 Å². The Hall–Kier alpha value is -2.24. The van der Waals surface area contributed by atoms with Crippen LogP contribution in [0.3, 0.4) is 0 Å². The van der Waals surface area contributed by atoms with Crippen LogP contribution >= 0.6 is 22.9 Å². The Kier molecular flexibility index (Phi) is 4.15. The van der Waals surface area contributed by atoms with Crippen LogP contribution in [0.5, 0.6) is 0 Å². The molecular weight excluding hydrogens is 332 g/mol. The Balaban J connectivity index is 1.88. The van der Waals surface area contributed by atoms with Gasteiger partial charge in [0.15, 0.2) is 5.13 Å². The highest BCUT2D eigenvalue weighted by atomic mass is 35.5. The van der Waals surface area contributed by atoms with Gasteiger partial charge in [-0.1, -0.05) is 52.8 Å². The smallest absolute Gasteiger partial charge is 0.284 e. The Bertz CT molecular complexity index is 903. The molecule has 116 valence electrons. The van der Waals surface area contributed by atoms with Gasteiger partial charge in [0.25, 0.3) is 5.78 Å². The Morgan fingerprint density at radius 2 is 1.83 bits per heavy atom. The summed E-state index contributed by atoms with van der Waals surface area (Å²) >= 11 is 7.28. The molecule has 0 saturated heterocycles. The van der Waals surface area contributed by atoms with Gasteiger partial charge in [-0.3, -0.25) is 14.5 Å². The number of likely N-dealkylation sites (N-methyl/N-ethyl adjacent to an activating group) is 1. The number of Topliss-reactive ketones (excluding diaryl/α,β-unsaturated/α-hetero) is 1. The van der Waals surface area contributed by atoms with Crippen LogP contribution in [-0.2, 0) is 4.79 Å². The van der Waals surface area contributed by atoms with Crippen molar-refractivity contribution in [3.05, 3.63) is 58.6 Å². The number of halogens is 1. The fourth-order valence-corrected chi connectivity index (χ4v) is 3.17. The van der Waals surface area contributed by atoms with Crippen LogP contribution in [0.25, 0.3) is 10.2 Å². The molecule has 6 heteroatoms. The van der Waals surface area contributed by atoms with Crippen molar-refractivity contribution in [1.82, 2.24) is 4.98 Å². The minimum Gasteiger partial charge on any atom is -0.284 e. The van der Waals surface area contributed by atoms with Gasteiger partial charge < -0.3 is 0 Å². The molecule has 0 bridgehead atoms. The maximum absolute atomic E-state index is 12.4. The highest BCUT2D eigenvalue weighted by molar-refractivity contribution is 7.22. The first-order valence-corrected chi connectivity index (χ1v) is 8.10. The number of hydrogen-bond acceptors (Lipinski definition) is 4. The Morgan fingerprint density at radius 1 is 1.13 bits per heavy atom. The summed E-state index contributed by atoms with van der Waals surface area (Å²) in [7, 11) is 1.55. The third-order valence-corrected chi connectivity index (χ3v) is 4.79. The second kappa shape index (κ2) is 6.10. The topological polar surface area (TPSA) is 50.3 Å². The lowest BCUT2D eigenvalue weighted by atomic mass is 10.1. The van der Waals surface area contributed by atoms with Crippen LogP contribution in [0.4, 0.5) is 5.13 Å². The van der Waals surface area contributed by atoms with Gasteiger partial charge >= 0.3 is 5.91 Å². The molecule has 3 aromatic rings. The van der Waals surface area contributed by atoms with Crippen molar-refractivity contribution in [2.45, 2.75) is 6.92 Å². The first-order chi connectivity index (χ1) is 11.0. The molecule has 4 nitrogen and oxygen atoms in total. The minimum absolute atomic E-state index is 0.372. The lowest BCUT2D eigenvalue weighted by Crippen LogP contribution is -2.33. The van der Waals surface area contributed by atoms with E-state index in [2.05, 4.69) is 4.98 Å². The lowest BCUT2D eigenvalue weighted by Gasteiger charge is -2.12. The fourth-order valence-electron chi connectivity index (χ4n) is 2.10. The Morgan fingerprint density at radius 3 is 2.52 bits per heavy atom. The molecule has 2 aromatic carbocycles. The summed E-state index contributed by atoms with van der Waals surface area (Å²) in [4.78, 5) is 30.3. The molecule has 0 saturated carbocycles. The second-order valence-corrected chi connectivity index (χ2v) is 6.61. The molecule has 1 aromatic heterocycles. The van der Waals surface area contributed by atoms with Crippen LogP contribution in [0.1, 0.15) is 15.9 Å². The molecule has 0 fully saturated rings. The van der Waals surface area contributed by atoms with Crippen LogP contribution in [0, 0.1) is 6.92 Å². The van der Waals surface area contributed by atoms with Gasteiger partial charge in [-0.05, 0) is 25.1 Å². The fraction of sp³-hybridized carbons (Fsp3) is 0.118. The first kappa shape index (κ1) is 15.6. The number of nitrogens with zero attached hydrogens (tertiary/aromatic N) is 2. The van der Waals surface area contributed by atoms with E-state index in [0.717, 1.165) is 10.3 Å². The summed E-state index contributed by atoms with van der Waals surface area (Å²) in [5.74, 6) is -1.16. The number of fused-ring (bicyclic) bond motifs is 1. The van der Waals surface area contributed by atoms with E-state index in [4.69, 9.17) is 11.6 Å². The molecule has 3 rings (SSSR count). The van der Waals surface area contributed by atoms with Crippen molar-refractivity contribution in [3.8, 4) is 0 Å². The van der Waals surface area contributed by atoms with E-state index in [-0.39, 0.29) is 0 Å². The van der Waals surface area contributed by atoms with Crippen molar-refractivity contribution in [2.24, 2.45) is 0 Å². The van der Waals surface area contributed by atoms with E-state index in [0.29, 0.717) is 21.2 Å². The monoisotopic (exact) mass is 344 g/mol. The number of hydrogen-bond donors (Lipinski definition) is 0. The summed E-state index contributed by atoms with van der Waals surface area (Å²) in [6.45, 7) is 1.93. The third-order valence-electron chi connectivity index (χ3n) is 3.44. The number of anilines is 1. The normalized spacial score (nSPS) is 10.7. The molecule has 23 heavy (non-hydrogen) atoms. The first-order valence-electron chi connectivity index (χ1n) is 6.91. The predicted octanol–water partition coefficient (Wildman–Crippen LogP) is 4.10. The maximum Gasteiger partial charge on any atom is 0.300 e. The Labute approximate surface area is 142 Å². The number of aryl methyl sites for hydroxylation is 1. The molecule has 0 N–H and O–H groups in total. The van der Waals surface area contributed by atoms with Gasteiger partial charge in [-0.15, -0.1) is 0 Å². The lowest BCUT2D eigenvalue weighted by molar-refractivity contribution is -0.114. The number of amides is 1. The number of rotatable bonds is 3. The second-order valence-electron chi connectivity index (χ2n) is 5.17. The van der Waals surface area contributed by atoms with Crippen LogP contribution < -0.4 is 4.90 Å². The molecule has 0 aliphatic rings. The highest BCUT2D eigenvalue weighted by Gasteiger charge is 2.23. The van der Waals surface area contributed by atoms with Gasteiger partial charge in [-0.2, -0.15) is 0 Å². The molecule has 0 atom stereocenters. The number of benzene rings is 2. The van der Waals surface area contributed by atoms with Crippen molar-refractivity contribution in [1.29, 1.82) is 0 Å². The van der Waals surface area contributed by atoms with Crippen LogP contribution in [0.15, 0.2) is 42.5 Å². The van der Waals surface area contributed by atoms with Crippen molar-refractivity contribution in [3.63, 3.8) is 0 Å². The van der Waals surface area contributed by atoms with Crippen LogP contribution in [0.2, 0.25) is 5.02 Å². The molecule has 0 aliphatic carbocycles. The minimum atomic E-state index is -0.612. The zero-order valence-corrected chi connectivity index (χ0v) is 14.1. The summed E-state index contributed by atoms with van der Waals surface area (Å²) in [6, 6.07) is 12.3. The van der Waals surface area contributed by atoms with Crippen molar-refractivity contribution >= 4 is 50.0 Å². The number of ketones is 1. The van der Waals surface area contributed by atoms with E-state index in [1.165, 1.54) is 16.2 Å². The molecular formula is C17H13ClN2O2S. The van der Waals surface area contributed by atoms with Gasteiger partial charge in [0.1, 0.15) is 0 Å². The number of thiazole rings is 1. The average molecular weight is 345 g/mol. The van der Waals surface area contributed by atoms with Crippen LogP contribution in [-0.4, -0.2) is 23.7 Å². The standard InChI is InChI=1S/C17H13ClN2O2S/c1-10-3-5-11(6-4-10)15(21)16(22)20(2)17-19-13-9-12(18)7-8-14(13)23-17/h3-9H,1-2H3. The van der Waals surface area contributed by atoms with E-state index in [1.807, 2.05) is 13.0 Å². The summed E-state index contributed by atoms with van der Waals surface area (Å²) in [5, 5.41) is 1.05. The zero-order chi connectivity index (χ0) is 16.6. The average Bonchev–Trinajstić information content (AvgIpc) is 2.96. The summed E-state index contributed by atoms with van der Waals surface area (Å²) < 4.78 is 0.909. The number of carbonyl (C=O) groups is 2. The van der Waals surface area contributed by atoms with Gasteiger partial charge in [0.05, 0.1) is 10.2 Å². The van der Waals surface area contributed by atoms with E-state index >= 15 is 0 Å². The molecule has 0 spiro atoms. The maximum atomic E-state index is 12.4. The van der Waals surface area contributed by atoms with E-state index < -0.39 is 11.7 Å². The van der Waals surface area contributed by atoms with E-state index in [1.54, 1.807) is 43.4 Å². The van der Waals surface area contributed by atoms with Gasteiger partial charge in [0.2, 0.25) is 0 Å². The third kappa shape index (κ3) is 3.11. The van der Waals surface area contributed by atoms with Crippen molar-refractivity contribution in [2.75, 3.05) is 11.9 Å². The number of aromatic nitrogens is 1. The van der Waals surface area contributed by atoms with E-state index in [9.17, 15) is 9.59 Å². The zero-order valence-electron chi connectivity index (χ0n) is 12.5. The molecule has 1 heterocycles. The van der Waals surface area contributed by atoms with Crippen molar-refractivity contribution < 1.29 is 9.59 Å². The largest absolute Gasteiger partial charge is 0.300 e. The molecule has 1 amide bonds. The molecule has 0 aliphatic heterocycles. The summed E-state index contributed by atoms with van der Waals surface area (Å²) in [5.41, 5.74) is 2.11.